The summed E-state index contributed by atoms with van der Waals surface area (Å²) in [6.07, 6.45) is 3.67. The molecule has 2 aromatic carbocycles. The van der Waals surface area contributed by atoms with Crippen LogP contribution >= 0.6 is 23.2 Å². The topological polar surface area (TPSA) is 83.9 Å². The predicted octanol–water partition coefficient (Wildman–Crippen LogP) is 6.46. The van der Waals surface area contributed by atoms with E-state index >= 15 is 0 Å². The Kier molecular flexibility index (Phi) is 7.40. The van der Waals surface area contributed by atoms with E-state index in [2.05, 4.69) is 0 Å². The molecule has 1 aliphatic heterocycles. The van der Waals surface area contributed by atoms with Gasteiger partial charge in [0, 0.05) is 63.5 Å². The lowest BCUT2D eigenvalue weighted by atomic mass is 9.71. The molecule has 0 radical (unpaired) electrons. The number of ketones is 2. The molecule has 0 saturated heterocycles. The maximum atomic E-state index is 13.3. The molecule has 0 bridgehead atoms. The van der Waals surface area contributed by atoms with Gasteiger partial charge in [0.1, 0.15) is 12.4 Å². The van der Waals surface area contributed by atoms with Crippen molar-refractivity contribution in [2.75, 3.05) is 6.54 Å². The normalized spacial score (nSPS) is 18.2. The number of allylic oxidation sites excluding steroid dienone is 4. The minimum atomic E-state index is -0.897. The molecule has 8 heteroatoms. The number of aliphatic carboxylic acids is 1. The van der Waals surface area contributed by atoms with Crippen LogP contribution in [0.5, 0.6) is 5.75 Å². The fraction of sp³-hybridized carbons (Fsp3) is 0.345. The Morgan fingerprint density at radius 2 is 1.54 bits per heavy atom. The number of nitrogens with zero attached hydrogens (tertiary/aromatic N) is 1. The van der Waals surface area contributed by atoms with Gasteiger partial charge in [-0.25, -0.2) is 0 Å². The molecule has 0 saturated carbocycles. The minimum absolute atomic E-state index is 0.0363. The van der Waals surface area contributed by atoms with Gasteiger partial charge in [0.15, 0.2) is 11.6 Å². The number of carboxylic acids is 1. The summed E-state index contributed by atoms with van der Waals surface area (Å²) in [6, 6.07) is 12.8. The third kappa shape index (κ3) is 5.18. The number of Topliss-reactive ketones (excluding diaryl/α,β-unsaturated/α-hetero) is 2. The van der Waals surface area contributed by atoms with Crippen LogP contribution in [0.2, 0.25) is 10.0 Å². The van der Waals surface area contributed by atoms with E-state index in [9.17, 15) is 19.5 Å². The molecule has 2 aliphatic carbocycles. The van der Waals surface area contributed by atoms with Crippen molar-refractivity contribution in [2.24, 2.45) is 0 Å². The zero-order chi connectivity index (χ0) is 26.1. The molecule has 0 spiro atoms. The molecular weight excluding hydrogens is 513 g/mol. The van der Waals surface area contributed by atoms with Crippen molar-refractivity contribution < 1.29 is 24.2 Å². The number of halogens is 2. The van der Waals surface area contributed by atoms with Gasteiger partial charge in [-0.05, 0) is 55.5 Å². The van der Waals surface area contributed by atoms with E-state index in [1.165, 1.54) is 0 Å². The second-order valence-electron chi connectivity index (χ2n) is 9.60. The Hall–Kier alpha value is -3.09. The van der Waals surface area contributed by atoms with E-state index in [-0.39, 0.29) is 31.1 Å². The van der Waals surface area contributed by atoms with Crippen LogP contribution in [-0.2, 0) is 21.0 Å². The average Bonchev–Trinajstić information content (AvgIpc) is 2.87. The van der Waals surface area contributed by atoms with Crippen molar-refractivity contribution in [1.82, 2.24) is 4.90 Å². The van der Waals surface area contributed by atoms with Crippen LogP contribution in [0, 0.1) is 0 Å². The van der Waals surface area contributed by atoms with Gasteiger partial charge in [-0.3, -0.25) is 14.4 Å². The van der Waals surface area contributed by atoms with Crippen LogP contribution in [0.15, 0.2) is 65.0 Å². The van der Waals surface area contributed by atoms with Crippen molar-refractivity contribution >= 4 is 40.7 Å². The number of benzene rings is 2. The van der Waals surface area contributed by atoms with Gasteiger partial charge < -0.3 is 14.7 Å². The van der Waals surface area contributed by atoms with E-state index in [0.29, 0.717) is 52.6 Å². The van der Waals surface area contributed by atoms with Crippen LogP contribution in [0.3, 0.4) is 0 Å². The van der Waals surface area contributed by atoms with Crippen LogP contribution in [0.4, 0.5) is 0 Å². The quantitative estimate of drug-likeness (QED) is 0.434. The molecule has 0 unspecified atom stereocenters. The number of carbonyl (C=O) groups is 3. The lowest BCUT2D eigenvalue weighted by Gasteiger charge is -2.44. The molecule has 3 aliphatic rings. The molecule has 0 aromatic heterocycles. The zero-order valence-electron chi connectivity index (χ0n) is 20.3. The van der Waals surface area contributed by atoms with Crippen LogP contribution in [0.1, 0.15) is 62.0 Å². The Balaban J connectivity index is 1.48. The summed E-state index contributed by atoms with van der Waals surface area (Å²) in [6.45, 7) is 0.541. The summed E-state index contributed by atoms with van der Waals surface area (Å²) in [7, 11) is 0. The van der Waals surface area contributed by atoms with Gasteiger partial charge in [-0.2, -0.15) is 0 Å². The monoisotopic (exact) mass is 539 g/mol. The largest absolute Gasteiger partial charge is 0.489 e. The van der Waals surface area contributed by atoms with Crippen molar-refractivity contribution in [3.63, 3.8) is 0 Å². The highest BCUT2D eigenvalue weighted by Crippen LogP contribution is 2.49. The lowest BCUT2D eigenvalue weighted by Crippen LogP contribution is -2.39. The molecule has 1 N–H and O–H groups in total. The molecule has 0 amide bonds. The van der Waals surface area contributed by atoms with Gasteiger partial charge in [0.05, 0.1) is 6.42 Å². The van der Waals surface area contributed by atoms with E-state index in [1.54, 1.807) is 12.1 Å². The first-order chi connectivity index (χ1) is 17.8. The third-order valence-corrected chi connectivity index (χ3v) is 7.85. The fourth-order valence-electron chi connectivity index (χ4n) is 5.58. The molecule has 0 fully saturated rings. The minimum Gasteiger partial charge on any atom is -0.489 e. The molecule has 2 aromatic rings. The number of hydrogen-bond acceptors (Lipinski definition) is 5. The molecule has 6 nitrogen and oxygen atoms in total. The first-order valence-corrected chi connectivity index (χ1v) is 13.3. The molecule has 37 heavy (non-hydrogen) atoms. The van der Waals surface area contributed by atoms with Gasteiger partial charge in [0.2, 0.25) is 0 Å². The number of hydrogen-bond donors (Lipinski definition) is 1. The summed E-state index contributed by atoms with van der Waals surface area (Å²) < 4.78 is 5.93. The summed E-state index contributed by atoms with van der Waals surface area (Å²) in [4.78, 5) is 39.9. The molecule has 5 rings (SSSR count). The number of carboxylic acid groups (broad SMARTS) is 1. The van der Waals surface area contributed by atoms with Crippen LogP contribution in [0.25, 0.3) is 0 Å². The highest BCUT2D eigenvalue weighted by molar-refractivity contribution is 6.35. The number of rotatable bonds is 7. The Bertz CT molecular complexity index is 1280. The van der Waals surface area contributed by atoms with E-state index in [1.807, 2.05) is 35.2 Å². The zero-order valence-corrected chi connectivity index (χ0v) is 21.8. The lowest BCUT2D eigenvalue weighted by molar-refractivity contribution is -0.137. The van der Waals surface area contributed by atoms with E-state index in [0.717, 1.165) is 35.4 Å². The number of carbonyl (C=O) groups excluding carboxylic acids is 2. The van der Waals surface area contributed by atoms with E-state index in [4.69, 9.17) is 27.9 Å². The summed E-state index contributed by atoms with van der Waals surface area (Å²) >= 11 is 12.2. The standard InChI is InChI=1S/C29H27Cl2NO5/c30-19-10-7-18(21(31)15-19)16-37-20-11-8-17(9-12-20)27-28-22(3-1-5-24(28)33)32(14-13-26(35)36)23-4-2-6-25(34)29(23)27/h7-12,15,27H,1-6,13-14,16H2,(H,35,36). The summed E-state index contributed by atoms with van der Waals surface area (Å²) in [5, 5.41) is 10.4. The summed E-state index contributed by atoms with van der Waals surface area (Å²) in [5.41, 5.74) is 4.73. The predicted molar refractivity (Wildman–Crippen MR) is 141 cm³/mol. The fourth-order valence-corrected chi connectivity index (χ4v) is 6.05. The summed E-state index contributed by atoms with van der Waals surface area (Å²) in [5.74, 6) is -0.622. The smallest absolute Gasteiger partial charge is 0.305 e. The van der Waals surface area contributed by atoms with Gasteiger partial charge in [-0.15, -0.1) is 0 Å². The van der Waals surface area contributed by atoms with E-state index < -0.39 is 11.9 Å². The Morgan fingerprint density at radius 3 is 2.11 bits per heavy atom. The Labute approximate surface area is 225 Å². The number of ether oxygens (including phenoxy) is 1. The first-order valence-electron chi connectivity index (χ1n) is 12.5. The molecular formula is C29H27Cl2NO5. The van der Waals surface area contributed by atoms with Crippen molar-refractivity contribution in [3.8, 4) is 5.75 Å². The molecule has 1 heterocycles. The second kappa shape index (κ2) is 10.7. The highest BCUT2D eigenvalue weighted by Gasteiger charge is 2.43. The average molecular weight is 540 g/mol. The maximum Gasteiger partial charge on any atom is 0.305 e. The molecule has 0 atom stereocenters. The van der Waals surface area contributed by atoms with Crippen LogP contribution < -0.4 is 4.74 Å². The third-order valence-electron chi connectivity index (χ3n) is 7.26. The Morgan fingerprint density at radius 1 is 0.919 bits per heavy atom. The molecule has 192 valence electrons. The van der Waals surface area contributed by atoms with Crippen LogP contribution in [-0.4, -0.2) is 34.1 Å². The first kappa shape index (κ1) is 25.6. The van der Waals surface area contributed by atoms with Crippen molar-refractivity contribution in [3.05, 3.63) is 86.2 Å². The van der Waals surface area contributed by atoms with Crippen molar-refractivity contribution in [2.45, 2.75) is 57.5 Å². The van der Waals surface area contributed by atoms with Crippen molar-refractivity contribution in [1.29, 1.82) is 0 Å². The maximum absolute atomic E-state index is 13.3. The second-order valence-corrected chi connectivity index (χ2v) is 10.4. The van der Waals surface area contributed by atoms with Gasteiger partial charge >= 0.3 is 5.97 Å². The van der Waals surface area contributed by atoms with Gasteiger partial charge in [-0.1, -0.05) is 41.4 Å². The SMILES string of the molecule is O=C(O)CCN1C2=C(C(=O)CCC2)C(c2ccc(OCc3ccc(Cl)cc3Cl)cc2)C2=C1CCCC2=O. The van der Waals surface area contributed by atoms with Gasteiger partial charge in [0.25, 0.3) is 0 Å². The highest BCUT2D eigenvalue weighted by atomic mass is 35.5.